The second-order valence-corrected chi connectivity index (χ2v) is 7.12. The molecule has 1 fully saturated rings. The van der Waals surface area contributed by atoms with E-state index in [9.17, 15) is 8.42 Å². The first-order valence-electron chi connectivity index (χ1n) is 6.82. The van der Waals surface area contributed by atoms with Crippen LogP contribution in [0.4, 0.5) is 0 Å². The molecule has 6 heteroatoms. The fraction of sp³-hybridized carbons (Fsp3) is 0.571. The summed E-state index contributed by atoms with van der Waals surface area (Å²) in [4.78, 5) is 2.25. The predicted molar refractivity (Wildman–Crippen MR) is 79.3 cm³/mol. The van der Waals surface area contributed by atoms with Crippen molar-refractivity contribution in [1.82, 2.24) is 9.62 Å². The third kappa shape index (κ3) is 4.47. The minimum atomic E-state index is -3.13. The monoisotopic (exact) mass is 298 g/mol. The lowest BCUT2D eigenvalue weighted by Gasteiger charge is -2.22. The molecule has 0 aromatic heterocycles. The molecular formula is C14H22N2O3S. The molecule has 112 valence electrons. The average Bonchev–Trinajstić information content (AvgIpc) is 3.29. The van der Waals surface area contributed by atoms with Gasteiger partial charge in [-0.05, 0) is 37.6 Å². The maximum Gasteiger partial charge on any atom is 0.212 e. The van der Waals surface area contributed by atoms with E-state index in [-0.39, 0.29) is 5.75 Å². The van der Waals surface area contributed by atoms with Gasteiger partial charge in [-0.2, -0.15) is 0 Å². The summed E-state index contributed by atoms with van der Waals surface area (Å²) in [6, 6.07) is 8.46. The van der Waals surface area contributed by atoms with Gasteiger partial charge in [0.15, 0.2) is 0 Å². The average molecular weight is 298 g/mol. The molecular weight excluding hydrogens is 276 g/mol. The molecule has 0 unspecified atom stereocenters. The summed E-state index contributed by atoms with van der Waals surface area (Å²) in [6.45, 7) is 1.35. The van der Waals surface area contributed by atoms with Crippen molar-refractivity contribution in [3.8, 4) is 5.75 Å². The molecule has 5 nitrogen and oxygen atoms in total. The Kier molecular flexibility index (Phi) is 5.01. The van der Waals surface area contributed by atoms with Gasteiger partial charge in [0.05, 0.1) is 12.9 Å². The summed E-state index contributed by atoms with van der Waals surface area (Å²) >= 11 is 0. The zero-order valence-electron chi connectivity index (χ0n) is 12.0. The molecule has 0 heterocycles. The van der Waals surface area contributed by atoms with Gasteiger partial charge < -0.3 is 4.74 Å². The Hall–Kier alpha value is -1.11. The van der Waals surface area contributed by atoms with Gasteiger partial charge >= 0.3 is 0 Å². The molecule has 1 N–H and O–H groups in total. The van der Waals surface area contributed by atoms with Crippen LogP contribution in [-0.4, -0.2) is 45.8 Å². The largest absolute Gasteiger partial charge is 0.497 e. The number of hydrogen-bond acceptors (Lipinski definition) is 4. The summed E-state index contributed by atoms with van der Waals surface area (Å²) in [5.41, 5.74) is 1.18. The molecule has 1 saturated carbocycles. The van der Waals surface area contributed by atoms with Crippen molar-refractivity contribution in [2.24, 2.45) is 0 Å². The van der Waals surface area contributed by atoms with Gasteiger partial charge in [0.1, 0.15) is 5.75 Å². The lowest BCUT2D eigenvalue weighted by molar-refractivity contribution is 0.270. The third-order valence-corrected chi connectivity index (χ3v) is 4.91. The van der Waals surface area contributed by atoms with E-state index in [0.717, 1.165) is 25.1 Å². The van der Waals surface area contributed by atoms with Crippen LogP contribution in [-0.2, 0) is 16.6 Å². The molecule has 0 aliphatic heterocycles. The second kappa shape index (κ2) is 6.56. The highest BCUT2D eigenvalue weighted by atomic mass is 32.2. The molecule has 2 rings (SSSR count). The zero-order chi connectivity index (χ0) is 14.6. The number of nitrogens with zero attached hydrogens (tertiary/aromatic N) is 1. The van der Waals surface area contributed by atoms with Crippen molar-refractivity contribution >= 4 is 10.0 Å². The summed E-state index contributed by atoms with van der Waals surface area (Å²) in [6.07, 6.45) is 2.32. The van der Waals surface area contributed by atoms with E-state index >= 15 is 0 Å². The van der Waals surface area contributed by atoms with Crippen LogP contribution in [0.2, 0.25) is 0 Å². The first-order chi connectivity index (χ1) is 9.54. The molecule has 0 bridgehead atoms. The summed E-state index contributed by atoms with van der Waals surface area (Å²) in [5.74, 6) is 0.986. The van der Waals surface area contributed by atoms with Gasteiger partial charge in [0, 0.05) is 19.1 Å². The Labute approximate surface area is 121 Å². The van der Waals surface area contributed by atoms with Crippen molar-refractivity contribution in [1.29, 1.82) is 0 Å². The van der Waals surface area contributed by atoms with Crippen LogP contribution >= 0.6 is 0 Å². The van der Waals surface area contributed by atoms with E-state index in [1.807, 2.05) is 24.3 Å². The number of benzene rings is 1. The number of rotatable bonds is 8. The quantitative estimate of drug-likeness (QED) is 0.784. The van der Waals surface area contributed by atoms with Crippen LogP contribution in [0.15, 0.2) is 24.3 Å². The van der Waals surface area contributed by atoms with E-state index in [1.165, 1.54) is 12.6 Å². The highest BCUT2D eigenvalue weighted by Crippen LogP contribution is 2.28. The van der Waals surface area contributed by atoms with Crippen LogP contribution in [0.3, 0.4) is 0 Å². The molecule has 0 atom stereocenters. The standard InChI is InChI=1S/C14H22N2O3S/c1-15-20(17,18)10-9-16(13-5-6-13)11-12-3-7-14(19-2)8-4-12/h3-4,7-8,13,15H,5-6,9-11H2,1-2H3. The van der Waals surface area contributed by atoms with Crippen molar-refractivity contribution in [2.45, 2.75) is 25.4 Å². The maximum atomic E-state index is 11.5. The number of ether oxygens (including phenoxy) is 1. The molecule has 1 aromatic carbocycles. The van der Waals surface area contributed by atoms with Gasteiger partial charge in [0.25, 0.3) is 0 Å². The van der Waals surface area contributed by atoms with Crippen molar-refractivity contribution < 1.29 is 13.2 Å². The van der Waals surface area contributed by atoms with E-state index < -0.39 is 10.0 Å². The van der Waals surface area contributed by atoms with E-state index in [4.69, 9.17) is 4.74 Å². The Morgan fingerprint density at radius 3 is 2.45 bits per heavy atom. The van der Waals surface area contributed by atoms with Crippen LogP contribution in [0.5, 0.6) is 5.75 Å². The first-order valence-corrected chi connectivity index (χ1v) is 8.47. The molecule has 1 aliphatic rings. The number of nitrogens with one attached hydrogen (secondary N) is 1. The van der Waals surface area contributed by atoms with E-state index in [2.05, 4.69) is 9.62 Å². The summed E-state index contributed by atoms with van der Waals surface area (Å²) in [7, 11) is -0.0294. The number of hydrogen-bond donors (Lipinski definition) is 1. The lowest BCUT2D eigenvalue weighted by atomic mass is 10.2. The highest BCUT2D eigenvalue weighted by molar-refractivity contribution is 7.89. The second-order valence-electron chi connectivity index (χ2n) is 5.07. The van der Waals surface area contributed by atoms with Crippen molar-refractivity contribution in [3.05, 3.63) is 29.8 Å². The predicted octanol–water partition coefficient (Wildman–Crippen LogP) is 1.21. The summed E-state index contributed by atoms with van der Waals surface area (Å²) < 4.78 is 30.6. The number of sulfonamides is 1. The van der Waals surface area contributed by atoms with E-state index in [1.54, 1.807) is 7.11 Å². The van der Waals surface area contributed by atoms with Crippen LogP contribution < -0.4 is 9.46 Å². The maximum absolute atomic E-state index is 11.5. The zero-order valence-corrected chi connectivity index (χ0v) is 12.8. The normalized spacial score (nSPS) is 15.6. The molecule has 0 spiro atoms. The Balaban J connectivity index is 1.95. The van der Waals surface area contributed by atoms with Crippen LogP contribution in [0, 0.1) is 0 Å². The topological polar surface area (TPSA) is 58.6 Å². The van der Waals surface area contributed by atoms with Gasteiger partial charge in [-0.15, -0.1) is 0 Å². The third-order valence-electron chi connectivity index (χ3n) is 3.57. The number of methoxy groups -OCH3 is 1. The molecule has 1 aliphatic carbocycles. The Morgan fingerprint density at radius 2 is 1.95 bits per heavy atom. The van der Waals surface area contributed by atoms with Gasteiger partial charge in [-0.1, -0.05) is 12.1 Å². The minimum absolute atomic E-state index is 0.149. The van der Waals surface area contributed by atoms with Crippen LogP contribution in [0.25, 0.3) is 0 Å². The minimum Gasteiger partial charge on any atom is -0.497 e. The van der Waals surface area contributed by atoms with Crippen LogP contribution in [0.1, 0.15) is 18.4 Å². The SMILES string of the molecule is CNS(=O)(=O)CCN(Cc1ccc(OC)cc1)C1CC1. The van der Waals surface area contributed by atoms with Crippen molar-refractivity contribution in [3.63, 3.8) is 0 Å². The van der Waals surface area contributed by atoms with Gasteiger partial charge in [0.2, 0.25) is 10.0 Å². The molecule has 1 aromatic rings. The van der Waals surface area contributed by atoms with Gasteiger partial charge in [-0.25, -0.2) is 13.1 Å². The fourth-order valence-electron chi connectivity index (χ4n) is 2.14. The molecule has 0 amide bonds. The smallest absolute Gasteiger partial charge is 0.212 e. The molecule has 0 radical (unpaired) electrons. The fourth-order valence-corrected chi connectivity index (χ4v) is 2.81. The molecule has 0 saturated heterocycles. The highest BCUT2D eigenvalue weighted by Gasteiger charge is 2.29. The van der Waals surface area contributed by atoms with E-state index in [0.29, 0.717) is 12.6 Å². The Bertz CT molecular complexity index is 524. The molecule has 20 heavy (non-hydrogen) atoms. The Morgan fingerprint density at radius 1 is 1.30 bits per heavy atom. The van der Waals surface area contributed by atoms with Gasteiger partial charge in [-0.3, -0.25) is 4.90 Å². The first kappa shape index (κ1) is 15.3. The lowest BCUT2D eigenvalue weighted by Crippen LogP contribution is -2.34. The van der Waals surface area contributed by atoms with Crippen molar-refractivity contribution in [2.75, 3.05) is 26.5 Å². The summed E-state index contributed by atoms with van der Waals surface area (Å²) in [5, 5.41) is 0.